The Bertz CT molecular complexity index is 665. The minimum atomic E-state index is -5.86. The quantitative estimate of drug-likeness (QED) is 0.143. The van der Waals surface area contributed by atoms with Gasteiger partial charge in [0.25, 0.3) is 6.10 Å². The number of hydrogen-bond acceptors (Lipinski definition) is 6. The van der Waals surface area contributed by atoms with Crippen LogP contribution < -0.4 is 0 Å². The van der Waals surface area contributed by atoms with Gasteiger partial charge in [-0.25, -0.2) is 9.59 Å². The van der Waals surface area contributed by atoms with Gasteiger partial charge < -0.3 is 18.0 Å². The zero-order valence-corrected chi connectivity index (χ0v) is 23.5. The SMILES string of the molecule is CCC(OC(=O)C=CC(=O)OC(C(F)(F)F)C(F)(F)F)(O[Si](C)(CC)C(C)(C)C)[SiH2]O[SiH3]. The molecule has 0 bridgehead atoms. The molecular formula is C17H30F6O6Si3. The minimum Gasteiger partial charge on any atom is -0.464 e. The number of carbonyl (C=O) groups is 2. The zero-order valence-electron chi connectivity index (χ0n) is 19.1. The number of carbonyl (C=O) groups excluding carboxylic acids is 2. The molecule has 0 radical (unpaired) electrons. The van der Waals surface area contributed by atoms with Gasteiger partial charge in [-0.3, -0.25) is 0 Å². The summed E-state index contributed by atoms with van der Waals surface area (Å²) in [6.07, 6.45) is -15.3. The van der Waals surface area contributed by atoms with Crippen molar-refractivity contribution in [3.05, 3.63) is 12.2 Å². The second-order valence-electron chi connectivity index (χ2n) is 8.29. The van der Waals surface area contributed by atoms with Crippen molar-refractivity contribution in [3.63, 3.8) is 0 Å². The summed E-state index contributed by atoms with van der Waals surface area (Å²) in [5.41, 5.74) is -1.39. The standard InChI is InChI=1S/C17H30F6O6Si3/c1-7-15(31-29-30,28-32(6,8-2)14(3,4)5)27-12(25)10-9-11(24)26-13(16(18,19)20)17(21,22)23/h9-10,13H,7-8,31H2,1-6,30H3. The summed E-state index contributed by atoms with van der Waals surface area (Å²) in [4.78, 5) is 23.7. The summed E-state index contributed by atoms with van der Waals surface area (Å²) in [6.45, 7) is 11.6. The number of hydrogen-bond donors (Lipinski definition) is 0. The Hall–Kier alpha value is -1.17. The van der Waals surface area contributed by atoms with E-state index in [9.17, 15) is 35.9 Å². The first-order valence-corrected chi connectivity index (χ1v) is 14.4. The lowest BCUT2D eigenvalue weighted by molar-refractivity contribution is -0.312. The second-order valence-corrected chi connectivity index (χ2v) is 16.8. The van der Waals surface area contributed by atoms with Gasteiger partial charge in [-0.15, -0.1) is 0 Å². The van der Waals surface area contributed by atoms with Crippen molar-refractivity contribution in [3.8, 4) is 0 Å². The van der Waals surface area contributed by atoms with Crippen LogP contribution in [0.4, 0.5) is 26.3 Å². The molecule has 32 heavy (non-hydrogen) atoms. The Labute approximate surface area is 189 Å². The number of halogens is 6. The van der Waals surface area contributed by atoms with Crippen LogP contribution in [0.15, 0.2) is 12.2 Å². The summed E-state index contributed by atoms with van der Waals surface area (Å²) in [5, 5.41) is -0.238. The van der Waals surface area contributed by atoms with E-state index in [1.807, 2.05) is 34.2 Å². The summed E-state index contributed by atoms with van der Waals surface area (Å²) in [6, 6.07) is 0.684. The highest BCUT2D eigenvalue weighted by Crippen LogP contribution is 2.42. The Morgan fingerprint density at radius 2 is 1.47 bits per heavy atom. The molecule has 6 nitrogen and oxygen atoms in total. The van der Waals surface area contributed by atoms with Gasteiger partial charge in [0.2, 0.25) is 15.2 Å². The average Bonchev–Trinajstić information content (AvgIpc) is 2.61. The van der Waals surface area contributed by atoms with Gasteiger partial charge in [-0.1, -0.05) is 34.6 Å². The lowest BCUT2D eigenvalue weighted by Gasteiger charge is -2.45. The number of rotatable bonds is 10. The molecule has 0 saturated carbocycles. The fraction of sp³-hybridized carbons (Fsp3) is 0.765. The fourth-order valence-electron chi connectivity index (χ4n) is 2.54. The van der Waals surface area contributed by atoms with Crippen LogP contribution in [0.3, 0.4) is 0 Å². The van der Waals surface area contributed by atoms with Crippen molar-refractivity contribution in [2.45, 2.75) is 82.5 Å². The smallest absolute Gasteiger partial charge is 0.434 e. The topological polar surface area (TPSA) is 71.1 Å². The van der Waals surface area contributed by atoms with E-state index in [0.717, 1.165) is 0 Å². The van der Waals surface area contributed by atoms with Gasteiger partial charge in [0.1, 0.15) is 10.5 Å². The largest absolute Gasteiger partial charge is 0.464 e. The van der Waals surface area contributed by atoms with Crippen LogP contribution in [-0.4, -0.2) is 64.4 Å². The third kappa shape index (κ3) is 8.99. The third-order valence-corrected chi connectivity index (χ3v) is 13.1. The van der Waals surface area contributed by atoms with Crippen molar-refractivity contribution in [1.82, 2.24) is 0 Å². The van der Waals surface area contributed by atoms with Crippen molar-refractivity contribution >= 4 is 40.5 Å². The van der Waals surface area contributed by atoms with Crippen LogP contribution in [0.1, 0.15) is 41.0 Å². The van der Waals surface area contributed by atoms with E-state index < -0.39 is 53.9 Å². The molecule has 2 unspecified atom stereocenters. The van der Waals surface area contributed by atoms with E-state index in [1.165, 1.54) is 0 Å². The molecule has 0 spiro atoms. The highest BCUT2D eigenvalue weighted by molar-refractivity contribution is 6.75. The van der Waals surface area contributed by atoms with Crippen LogP contribution in [0.2, 0.25) is 17.6 Å². The van der Waals surface area contributed by atoms with E-state index in [-0.39, 0.29) is 17.5 Å². The Kier molecular flexibility index (Phi) is 10.9. The summed E-state index contributed by atoms with van der Waals surface area (Å²) >= 11 is 0. The molecule has 2 atom stereocenters. The number of alkyl halides is 6. The Morgan fingerprint density at radius 3 is 1.81 bits per heavy atom. The first kappa shape index (κ1) is 30.8. The van der Waals surface area contributed by atoms with Gasteiger partial charge >= 0.3 is 24.3 Å². The molecule has 0 N–H and O–H groups in total. The lowest BCUT2D eigenvalue weighted by Crippen LogP contribution is -2.56. The van der Waals surface area contributed by atoms with Crippen LogP contribution in [0, 0.1) is 0 Å². The highest BCUT2D eigenvalue weighted by atomic mass is 28.4. The lowest BCUT2D eigenvalue weighted by atomic mass is 10.2. The maximum absolute atomic E-state index is 12.5. The summed E-state index contributed by atoms with van der Waals surface area (Å²) in [7, 11) is -3.69. The molecule has 0 amide bonds. The van der Waals surface area contributed by atoms with Crippen molar-refractivity contribution in [2.24, 2.45) is 0 Å². The van der Waals surface area contributed by atoms with E-state index in [1.54, 1.807) is 6.92 Å². The number of ether oxygens (including phenoxy) is 2. The summed E-state index contributed by atoms with van der Waals surface area (Å²) < 4.78 is 95.5. The fourth-order valence-corrected chi connectivity index (χ4v) is 8.41. The predicted octanol–water partition coefficient (Wildman–Crippen LogP) is 2.98. The first-order valence-electron chi connectivity index (χ1n) is 9.71. The predicted molar refractivity (Wildman–Crippen MR) is 113 cm³/mol. The van der Waals surface area contributed by atoms with E-state index >= 15 is 0 Å². The Balaban J connectivity index is 5.57. The van der Waals surface area contributed by atoms with E-state index in [2.05, 4.69) is 4.74 Å². The summed E-state index contributed by atoms with van der Waals surface area (Å²) in [5.74, 6) is -3.17. The van der Waals surface area contributed by atoms with Crippen LogP contribution in [-0.2, 0) is 27.6 Å². The molecule has 0 rings (SSSR count). The molecule has 0 aromatic carbocycles. The van der Waals surface area contributed by atoms with Crippen molar-refractivity contribution < 1.29 is 53.9 Å². The van der Waals surface area contributed by atoms with E-state index in [0.29, 0.717) is 22.6 Å². The van der Waals surface area contributed by atoms with Crippen LogP contribution >= 0.6 is 0 Å². The first-order chi connectivity index (χ1) is 14.3. The maximum Gasteiger partial charge on any atom is 0.434 e. The third-order valence-electron chi connectivity index (χ3n) is 5.05. The highest BCUT2D eigenvalue weighted by Gasteiger charge is 2.59. The van der Waals surface area contributed by atoms with Gasteiger partial charge in [-0.2, -0.15) is 26.3 Å². The minimum absolute atomic E-state index is 0.149. The van der Waals surface area contributed by atoms with Gasteiger partial charge in [0.15, 0.2) is 8.32 Å². The van der Waals surface area contributed by atoms with E-state index in [4.69, 9.17) is 13.3 Å². The van der Waals surface area contributed by atoms with Crippen molar-refractivity contribution in [2.75, 3.05) is 0 Å². The molecule has 0 aliphatic heterocycles. The molecule has 0 saturated heterocycles. The van der Waals surface area contributed by atoms with Crippen LogP contribution in [0.5, 0.6) is 0 Å². The molecule has 0 aliphatic carbocycles. The molecular weight excluding hydrogens is 498 g/mol. The maximum atomic E-state index is 12.5. The molecule has 0 heterocycles. The number of esters is 2. The molecule has 0 aliphatic rings. The molecule has 188 valence electrons. The second kappa shape index (κ2) is 11.3. The van der Waals surface area contributed by atoms with Crippen LogP contribution in [0.25, 0.3) is 0 Å². The molecule has 0 aromatic heterocycles. The van der Waals surface area contributed by atoms with Gasteiger partial charge in [-0.05, 0) is 17.6 Å². The van der Waals surface area contributed by atoms with Crippen molar-refractivity contribution in [1.29, 1.82) is 0 Å². The molecule has 0 aromatic rings. The molecule has 15 heteroatoms. The average molecular weight is 529 g/mol. The van der Waals surface area contributed by atoms with Gasteiger partial charge in [0.05, 0.1) is 0 Å². The monoisotopic (exact) mass is 528 g/mol. The van der Waals surface area contributed by atoms with Gasteiger partial charge in [0, 0.05) is 18.6 Å². The Morgan fingerprint density at radius 1 is 1.00 bits per heavy atom. The molecule has 0 fully saturated rings. The normalized spacial score (nSPS) is 17.7. The zero-order chi connectivity index (χ0) is 25.6.